The Kier molecular flexibility index (Phi) is 5.50. The van der Waals surface area contributed by atoms with Crippen molar-refractivity contribution in [2.24, 2.45) is 0 Å². The summed E-state index contributed by atoms with van der Waals surface area (Å²) in [5.41, 5.74) is 11.2. The Morgan fingerprint density at radius 1 is 0.364 bits per heavy atom. The van der Waals surface area contributed by atoms with E-state index in [-0.39, 0.29) is 0 Å². The molecule has 0 saturated heterocycles. The minimum atomic E-state index is 0.952. The Balaban J connectivity index is 1.31. The SMILES string of the molecule is c1ccc(-c2ccc(-n3c4ccccc4c4cccc(-c5ccc6c7ccccc7n(-c7ccccc7)c6n5)c43)cc2)cc1. The predicted octanol–water partition coefficient (Wildman–Crippen LogP) is 10.6. The van der Waals surface area contributed by atoms with E-state index in [1.54, 1.807) is 0 Å². The smallest absolute Gasteiger partial charge is 0.146 e. The molecule has 44 heavy (non-hydrogen) atoms. The number of para-hydroxylation sites is 4. The summed E-state index contributed by atoms with van der Waals surface area (Å²) < 4.78 is 4.68. The second-order valence-corrected chi connectivity index (χ2v) is 11.2. The van der Waals surface area contributed by atoms with Crippen LogP contribution in [0.5, 0.6) is 0 Å². The second kappa shape index (κ2) is 9.82. The van der Waals surface area contributed by atoms with Crippen LogP contribution in [0.1, 0.15) is 0 Å². The summed E-state index contributed by atoms with van der Waals surface area (Å²) in [5.74, 6) is 0. The number of aromatic nitrogens is 3. The van der Waals surface area contributed by atoms with Crippen LogP contribution < -0.4 is 0 Å². The van der Waals surface area contributed by atoms with Crippen LogP contribution in [0, 0.1) is 0 Å². The molecule has 0 unspecified atom stereocenters. The molecule has 3 nitrogen and oxygen atoms in total. The Labute approximate surface area is 254 Å². The van der Waals surface area contributed by atoms with Crippen LogP contribution >= 0.6 is 0 Å². The van der Waals surface area contributed by atoms with Crippen LogP contribution in [0.3, 0.4) is 0 Å². The normalized spacial score (nSPS) is 11.6. The number of nitrogens with zero attached hydrogens (tertiary/aromatic N) is 3. The lowest BCUT2D eigenvalue weighted by atomic mass is 10.0. The topological polar surface area (TPSA) is 22.8 Å². The maximum atomic E-state index is 5.42. The Morgan fingerprint density at radius 3 is 1.68 bits per heavy atom. The number of hydrogen-bond donors (Lipinski definition) is 0. The maximum Gasteiger partial charge on any atom is 0.146 e. The van der Waals surface area contributed by atoms with E-state index in [9.17, 15) is 0 Å². The summed E-state index contributed by atoms with van der Waals surface area (Å²) >= 11 is 0. The molecule has 6 aromatic carbocycles. The fraction of sp³-hybridized carbons (Fsp3) is 0. The van der Waals surface area contributed by atoms with Gasteiger partial charge in [0.15, 0.2) is 0 Å². The Hall–Kier alpha value is -5.93. The van der Waals surface area contributed by atoms with Gasteiger partial charge in [-0.2, -0.15) is 0 Å². The fourth-order valence-electron chi connectivity index (χ4n) is 6.76. The fourth-order valence-corrected chi connectivity index (χ4v) is 6.76. The molecule has 0 amide bonds. The minimum Gasteiger partial charge on any atom is -0.309 e. The first-order chi connectivity index (χ1) is 21.8. The molecular formula is C41H27N3. The van der Waals surface area contributed by atoms with Crippen molar-refractivity contribution in [2.75, 3.05) is 0 Å². The van der Waals surface area contributed by atoms with Gasteiger partial charge in [0.2, 0.25) is 0 Å². The van der Waals surface area contributed by atoms with Crippen molar-refractivity contribution in [2.45, 2.75) is 0 Å². The zero-order chi connectivity index (χ0) is 29.0. The average molecular weight is 562 g/mol. The van der Waals surface area contributed by atoms with Gasteiger partial charge in [-0.05, 0) is 59.7 Å². The Morgan fingerprint density at radius 2 is 0.932 bits per heavy atom. The monoisotopic (exact) mass is 561 g/mol. The van der Waals surface area contributed by atoms with Crippen molar-refractivity contribution in [3.05, 3.63) is 164 Å². The van der Waals surface area contributed by atoms with Crippen molar-refractivity contribution in [3.8, 4) is 33.8 Å². The molecule has 3 heterocycles. The number of hydrogen-bond acceptors (Lipinski definition) is 1. The highest BCUT2D eigenvalue weighted by Gasteiger charge is 2.19. The largest absolute Gasteiger partial charge is 0.309 e. The molecule has 0 bridgehead atoms. The first-order valence-electron chi connectivity index (χ1n) is 15.0. The summed E-state index contributed by atoms with van der Waals surface area (Å²) in [6, 6.07) is 58.3. The maximum absolute atomic E-state index is 5.42. The molecule has 0 aliphatic rings. The van der Waals surface area contributed by atoms with Crippen molar-refractivity contribution < 1.29 is 0 Å². The van der Waals surface area contributed by atoms with Crippen molar-refractivity contribution in [1.82, 2.24) is 14.1 Å². The minimum absolute atomic E-state index is 0.952. The molecule has 0 N–H and O–H groups in total. The lowest BCUT2D eigenvalue weighted by molar-refractivity contribution is 1.13. The highest BCUT2D eigenvalue weighted by Crippen LogP contribution is 2.39. The second-order valence-electron chi connectivity index (χ2n) is 11.2. The zero-order valence-electron chi connectivity index (χ0n) is 23.9. The van der Waals surface area contributed by atoms with Gasteiger partial charge in [-0.15, -0.1) is 0 Å². The predicted molar refractivity (Wildman–Crippen MR) is 184 cm³/mol. The van der Waals surface area contributed by atoms with E-state index < -0.39 is 0 Å². The van der Waals surface area contributed by atoms with E-state index in [1.807, 2.05) is 0 Å². The summed E-state index contributed by atoms with van der Waals surface area (Å²) in [6.45, 7) is 0. The van der Waals surface area contributed by atoms with Crippen LogP contribution in [0.4, 0.5) is 0 Å². The van der Waals surface area contributed by atoms with E-state index in [1.165, 1.54) is 32.8 Å². The van der Waals surface area contributed by atoms with E-state index in [2.05, 4.69) is 173 Å². The van der Waals surface area contributed by atoms with E-state index in [4.69, 9.17) is 4.98 Å². The van der Waals surface area contributed by atoms with Gasteiger partial charge in [0.25, 0.3) is 0 Å². The summed E-state index contributed by atoms with van der Waals surface area (Å²) in [5, 5.41) is 4.81. The third-order valence-corrected chi connectivity index (χ3v) is 8.74. The van der Waals surface area contributed by atoms with Crippen LogP contribution in [-0.2, 0) is 0 Å². The van der Waals surface area contributed by atoms with Gasteiger partial charge in [0, 0.05) is 38.5 Å². The summed E-state index contributed by atoms with van der Waals surface area (Å²) in [4.78, 5) is 5.42. The Bertz CT molecular complexity index is 2470. The number of pyridine rings is 1. The molecule has 0 saturated carbocycles. The summed E-state index contributed by atoms with van der Waals surface area (Å²) in [7, 11) is 0. The van der Waals surface area contributed by atoms with Crippen LogP contribution in [0.15, 0.2) is 164 Å². The van der Waals surface area contributed by atoms with Gasteiger partial charge in [-0.1, -0.05) is 115 Å². The van der Waals surface area contributed by atoms with Gasteiger partial charge in [-0.25, -0.2) is 4.98 Å². The van der Waals surface area contributed by atoms with Crippen LogP contribution in [-0.4, -0.2) is 14.1 Å². The van der Waals surface area contributed by atoms with Crippen molar-refractivity contribution in [3.63, 3.8) is 0 Å². The molecule has 3 heteroatoms. The first kappa shape index (κ1) is 24.6. The molecule has 0 spiro atoms. The third kappa shape index (κ3) is 3.73. The molecule has 0 fully saturated rings. The quantitative estimate of drug-likeness (QED) is 0.210. The highest BCUT2D eigenvalue weighted by atomic mass is 15.1. The lowest BCUT2D eigenvalue weighted by Crippen LogP contribution is -1.98. The number of rotatable bonds is 4. The molecule has 3 aromatic heterocycles. The number of benzene rings is 6. The average Bonchev–Trinajstić information content (AvgIpc) is 3.62. The molecule has 9 aromatic rings. The van der Waals surface area contributed by atoms with Gasteiger partial charge in [-0.3, -0.25) is 4.57 Å². The molecule has 0 radical (unpaired) electrons. The van der Waals surface area contributed by atoms with Gasteiger partial charge >= 0.3 is 0 Å². The first-order valence-corrected chi connectivity index (χ1v) is 15.0. The third-order valence-electron chi connectivity index (χ3n) is 8.74. The zero-order valence-corrected chi connectivity index (χ0v) is 23.9. The van der Waals surface area contributed by atoms with Crippen molar-refractivity contribution in [1.29, 1.82) is 0 Å². The molecular weight excluding hydrogens is 534 g/mol. The molecule has 0 atom stereocenters. The summed E-state index contributed by atoms with van der Waals surface area (Å²) in [6.07, 6.45) is 0. The molecule has 0 aliphatic heterocycles. The molecule has 9 rings (SSSR count). The van der Waals surface area contributed by atoms with Crippen molar-refractivity contribution >= 4 is 43.7 Å². The molecule has 0 aliphatic carbocycles. The highest BCUT2D eigenvalue weighted by molar-refractivity contribution is 6.14. The standard InChI is InChI=1S/C41H27N3/c1-3-12-28(13-4-1)29-22-24-31(25-23-29)43-38-20-9-7-16-32(38)34-18-11-19-36(40(34)43)37-27-26-35-33-17-8-10-21-39(33)44(41(35)42-37)30-14-5-2-6-15-30/h1-27H. The van der Waals surface area contributed by atoms with Gasteiger partial charge in [0.05, 0.1) is 22.2 Å². The van der Waals surface area contributed by atoms with E-state index >= 15 is 0 Å². The van der Waals surface area contributed by atoms with E-state index in [0.29, 0.717) is 0 Å². The lowest BCUT2D eigenvalue weighted by Gasteiger charge is -2.13. The van der Waals surface area contributed by atoms with E-state index in [0.717, 1.165) is 44.7 Å². The van der Waals surface area contributed by atoms with Gasteiger partial charge < -0.3 is 4.57 Å². The number of fused-ring (bicyclic) bond motifs is 6. The van der Waals surface area contributed by atoms with Gasteiger partial charge in [0.1, 0.15) is 5.65 Å². The van der Waals surface area contributed by atoms with Crippen LogP contribution in [0.25, 0.3) is 77.5 Å². The molecule has 206 valence electrons. The van der Waals surface area contributed by atoms with Crippen LogP contribution in [0.2, 0.25) is 0 Å².